The SMILES string of the molecule is Cc1cc(C(=O)N(CCN2CCNC2=O)C[C@@H]2C[C@H]3C=C[C@H]2C3)n(C)n1. The van der Waals surface area contributed by atoms with Crippen LogP contribution in [0, 0.1) is 24.7 Å². The lowest BCUT2D eigenvalue weighted by Gasteiger charge is -2.30. The van der Waals surface area contributed by atoms with Crippen LogP contribution in [0.1, 0.15) is 29.0 Å². The van der Waals surface area contributed by atoms with Crippen LogP contribution in [0.4, 0.5) is 4.79 Å². The fraction of sp³-hybridized carbons (Fsp3) is 0.632. The van der Waals surface area contributed by atoms with Gasteiger partial charge in [-0.1, -0.05) is 12.2 Å². The number of amides is 3. The van der Waals surface area contributed by atoms with Crippen LogP contribution in [0.25, 0.3) is 0 Å². The number of nitrogens with zero attached hydrogens (tertiary/aromatic N) is 4. The second-order valence-corrected chi connectivity index (χ2v) is 7.81. The van der Waals surface area contributed by atoms with Gasteiger partial charge < -0.3 is 15.1 Å². The fourth-order valence-corrected chi connectivity index (χ4v) is 4.60. The van der Waals surface area contributed by atoms with Crippen molar-refractivity contribution in [2.45, 2.75) is 19.8 Å². The molecule has 3 aliphatic rings. The van der Waals surface area contributed by atoms with E-state index in [2.05, 4.69) is 22.6 Å². The van der Waals surface area contributed by atoms with Crippen molar-refractivity contribution in [2.75, 3.05) is 32.7 Å². The predicted molar refractivity (Wildman–Crippen MR) is 97.7 cm³/mol. The third-order valence-corrected chi connectivity index (χ3v) is 5.96. The number of hydrogen-bond donors (Lipinski definition) is 1. The van der Waals surface area contributed by atoms with E-state index in [9.17, 15) is 9.59 Å². The van der Waals surface area contributed by atoms with Crippen LogP contribution < -0.4 is 5.32 Å². The number of fused-ring (bicyclic) bond motifs is 2. The molecule has 2 aliphatic carbocycles. The summed E-state index contributed by atoms with van der Waals surface area (Å²) in [5, 5.41) is 7.14. The number of carbonyl (C=O) groups is 2. The van der Waals surface area contributed by atoms with Gasteiger partial charge in [-0.15, -0.1) is 0 Å². The van der Waals surface area contributed by atoms with Crippen molar-refractivity contribution in [3.63, 3.8) is 0 Å². The zero-order valence-electron chi connectivity index (χ0n) is 15.5. The highest BCUT2D eigenvalue weighted by atomic mass is 16.2. The number of urea groups is 1. The van der Waals surface area contributed by atoms with Crippen LogP contribution >= 0.6 is 0 Å². The molecule has 1 aliphatic heterocycles. The van der Waals surface area contributed by atoms with Gasteiger partial charge in [0.2, 0.25) is 0 Å². The Bertz CT molecular complexity index is 740. The molecule has 2 heterocycles. The third kappa shape index (κ3) is 3.22. The Kier molecular flexibility index (Phi) is 4.46. The van der Waals surface area contributed by atoms with E-state index in [1.54, 1.807) is 9.58 Å². The third-order valence-electron chi connectivity index (χ3n) is 5.96. The van der Waals surface area contributed by atoms with Crippen molar-refractivity contribution in [2.24, 2.45) is 24.8 Å². The van der Waals surface area contributed by atoms with E-state index < -0.39 is 0 Å². The van der Waals surface area contributed by atoms with Gasteiger partial charge in [-0.3, -0.25) is 9.48 Å². The maximum Gasteiger partial charge on any atom is 0.317 e. The van der Waals surface area contributed by atoms with E-state index in [4.69, 9.17) is 0 Å². The Balaban J connectivity index is 1.48. The van der Waals surface area contributed by atoms with Crippen molar-refractivity contribution in [3.8, 4) is 0 Å². The summed E-state index contributed by atoms with van der Waals surface area (Å²) in [6.45, 7) is 5.19. The Morgan fingerprint density at radius 3 is 2.81 bits per heavy atom. The standard InChI is InChI=1S/C19H27N5O2/c1-13-9-17(22(2)21-13)18(25)24(8-7-23-6-5-20-19(23)26)12-16-11-14-3-4-15(16)10-14/h3-4,9,14-16H,5-8,10-12H2,1-2H3,(H,20,26)/t14-,15-,16-/m0/s1. The van der Waals surface area contributed by atoms with Gasteiger partial charge >= 0.3 is 6.03 Å². The molecule has 7 nitrogen and oxygen atoms in total. The number of aromatic nitrogens is 2. The van der Waals surface area contributed by atoms with Gasteiger partial charge in [-0.2, -0.15) is 5.10 Å². The summed E-state index contributed by atoms with van der Waals surface area (Å²) in [5.74, 6) is 1.82. The highest BCUT2D eigenvalue weighted by Gasteiger charge is 2.37. The molecule has 7 heteroatoms. The van der Waals surface area contributed by atoms with Gasteiger partial charge in [-0.05, 0) is 43.6 Å². The van der Waals surface area contributed by atoms with Crippen LogP contribution in [0.5, 0.6) is 0 Å². The van der Waals surface area contributed by atoms with E-state index in [0.29, 0.717) is 49.6 Å². The molecular weight excluding hydrogens is 330 g/mol. The number of hydrogen-bond acceptors (Lipinski definition) is 3. The number of carbonyl (C=O) groups excluding carboxylic acids is 2. The summed E-state index contributed by atoms with van der Waals surface area (Å²) in [6.07, 6.45) is 7.04. The first-order chi connectivity index (χ1) is 12.5. The van der Waals surface area contributed by atoms with Gasteiger partial charge in [0.05, 0.1) is 5.69 Å². The van der Waals surface area contributed by atoms with Crippen molar-refractivity contribution >= 4 is 11.9 Å². The van der Waals surface area contributed by atoms with Crippen LogP contribution in [0.15, 0.2) is 18.2 Å². The summed E-state index contributed by atoms with van der Waals surface area (Å²) >= 11 is 0. The highest BCUT2D eigenvalue weighted by molar-refractivity contribution is 5.92. The molecule has 1 saturated heterocycles. The van der Waals surface area contributed by atoms with Crippen molar-refractivity contribution in [1.29, 1.82) is 0 Å². The normalized spacial score (nSPS) is 26.6. The molecule has 0 radical (unpaired) electrons. The summed E-state index contributed by atoms with van der Waals surface area (Å²) in [7, 11) is 1.81. The molecular formula is C19H27N5O2. The van der Waals surface area contributed by atoms with Gasteiger partial charge in [0.15, 0.2) is 0 Å². The quantitative estimate of drug-likeness (QED) is 0.783. The largest absolute Gasteiger partial charge is 0.336 e. The zero-order chi connectivity index (χ0) is 18.3. The van der Waals surface area contributed by atoms with Crippen LogP contribution in [-0.2, 0) is 7.05 Å². The molecule has 0 unspecified atom stereocenters. The molecule has 1 aromatic heterocycles. The highest BCUT2D eigenvalue weighted by Crippen LogP contribution is 2.43. The zero-order valence-corrected chi connectivity index (χ0v) is 15.5. The average molecular weight is 357 g/mol. The minimum absolute atomic E-state index is 0.0134. The number of rotatable bonds is 6. The van der Waals surface area contributed by atoms with E-state index in [1.165, 1.54) is 12.8 Å². The summed E-state index contributed by atoms with van der Waals surface area (Å²) < 4.78 is 1.66. The summed E-state index contributed by atoms with van der Waals surface area (Å²) in [4.78, 5) is 28.7. The predicted octanol–water partition coefficient (Wildman–Crippen LogP) is 1.41. The van der Waals surface area contributed by atoms with E-state index in [0.717, 1.165) is 12.2 Å². The maximum atomic E-state index is 13.2. The molecule has 3 amide bonds. The lowest BCUT2D eigenvalue weighted by atomic mass is 9.93. The lowest BCUT2D eigenvalue weighted by Crippen LogP contribution is -2.43. The van der Waals surface area contributed by atoms with Crippen molar-refractivity contribution < 1.29 is 9.59 Å². The number of allylic oxidation sites excluding steroid dienone is 2. The second kappa shape index (κ2) is 6.78. The average Bonchev–Trinajstić information content (AvgIpc) is 3.37. The van der Waals surface area contributed by atoms with Crippen LogP contribution in [0.3, 0.4) is 0 Å². The van der Waals surface area contributed by atoms with Crippen molar-refractivity contribution in [3.05, 3.63) is 29.6 Å². The Labute approximate surface area is 154 Å². The monoisotopic (exact) mass is 357 g/mol. The van der Waals surface area contributed by atoms with Crippen LogP contribution in [0.2, 0.25) is 0 Å². The fourth-order valence-electron chi connectivity index (χ4n) is 4.60. The van der Waals surface area contributed by atoms with E-state index in [-0.39, 0.29) is 11.9 Å². The minimum atomic E-state index is -0.0309. The number of nitrogens with one attached hydrogen (secondary N) is 1. The molecule has 1 N–H and O–H groups in total. The van der Waals surface area contributed by atoms with Crippen LogP contribution in [-0.4, -0.2) is 64.2 Å². The first-order valence-electron chi connectivity index (χ1n) is 9.52. The maximum absolute atomic E-state index is 13.2. The van der Waals surface area contributed by atoms with E-state index in [1.807, 2.05) is 24.9 Å². The molecule has 0 spiro atoms. The Hall–Kier alpha value is -2.31. The Morgan fingerprint density at radius 1 is 1.38 bits per heavy atom. The minimum Gasteiger partial charge on any atom is -0.336 e. The number of aryl methyl sites for hydroxylation is 2. The molecule has 1 aromatic rings. The van der Waals surface area contributed by atoms with Crippen molar-refractivity contribution in [1.82, 2.24) is 24.9 Å². The van der Waals surface area contributed by atoms with Gasteiger partial charge in [0.1, 0.15) is 5.69 Å². The molecule has 0 aromatic carbocycles. The smallest absolute Gasteiger partial charge is 0.317 e. The molecule has 3 atom stereocenters. The van der Waals surface area contributed by atoms with Gasteiger partial charge in [0.25, 0.3) is 5.91 Å². The van der Waals surface area contributed by atoms with Gasteiger partial charge in [-0.25, -0.2) is 4.79 Å². The first-order valence-corrected chi connectivity index (χ1v) is 9.52. The lowest BCUT2D eigenvalue weighted by molar-refractivity contribution is 0.0695. The molecule has 2 bridgehead atoms. The molecule has 2 fully saturated rings. The van der Waals surface area contributed by atoms with E-state index >= 15 is 0 Å². The Morgan fingerprint density at radius 2 is 2.23 bits per heavy atom. The molecule has 26 heavy (non-hydrogen) atoms. The summed E-state index contributed by atoms with van der Waals surface area (Å²) in [5.41, 5.74) is 1.46. The molecule has 4 rings (SSSR count). The molecule has 140 valence electrons. The summed E-state index contributed by atoms with van der Waals surface area (Å²) in [6, 6.07) is 1.81. The second-order valence-electron chi connectivity index (χ2n) is 7.81. The topological polar surface area (TPSA) is 70.5 Å². The molecule has 1 saturated carbocycles. The van der Waals surface area contributed by atoms with Gasteiger partial charge in [0, 0.05) is 39.8 Å². The first kappa shape index (κ1) is 17.1.